The van der Waals surface area contributed by atoms with Crippen LogP contribution in [-0.4, -0.2) is 47.8 Å². The number of nitrogens with zero attached hydrogens (tertiary/aromatic N) is 1. The van der Waals surface area contributed by atoms with Crippen molar-refractivity contribution >= 4 is 5.97 Å². The Labute approximate surface area is 103 Å². The highest BCUT2D eigenvalue weighted by atomic mass is 16.5. The van der Waals surface area contributed by atoms with Crippen molar-refractivity contribution in [2.75, 3.05) is 26.3 Å². The number of carbonyl (C=O) groups is 1. The second-order valence-electron chi connectivity index (χ2n) is 6.04. The van der Waals surface area contributed by atoms with E-state index in [0.717, 1.165) is 6.54 Å². The molecule has 4 heteroatoms. The van der Waals surface area contributed by atoms with Crippen molar-refractivity contribution in [3.8, 4) is 0 Å². The van der Waals surface area contributed by atoms with Crippen LogP contribution in [0.15, 0.2) is 0 Å². The van der Waals surface area contributed by atoms with Gasteiger partial charge in [-0.2, -0.15) is 0 Å². The van der Waals surface area contributed by atoms with Gasteiger partial charge in [0, 0.05) is 25.3 Å². The second-order valence-corrected chi connectivity index (χ2v) is 6.04. The zero-order valence-corrected chi connectivity index (χ0v) is 10.9. The SMILES string of the molecule is CC1(C)CCCN1CC1(C(=O)O)CCOCC1. The van der Waals surface area contributed by atoms with Crippen LogP contribution in [0.4, 0.5) is 0 Å². The molecule has 0 aliphatic carbocycles. The first-order valence-electron chi connectivity index (χ1n) is 6.53. The Hall–Kier alpha value is -0.610. The van der Waals surface area contributed by atoms with Crippen molar-refractivity contribution in [3.63, 3.8) is 0 Å². The molecule has 98 valence electrons. The molecule has 0 aromatic carbocycles. The van der Waals surface area contributed by atoms with E-state index in [1.807, 2.05) is 0 Å². The van der Waals surface area contributed by atoms with Crippen LogP contribution in [0, 0.1) is 5.41 Å². The van der Waals surface area contributed by atoms with Gasteiger partial charge in [0.25, 0.3) is 0 Å². The maximum absolute atomic E-state index is 11.6. The Bertz CT molecular complexity index is 295. The minimum Gasteiger partial charge on any atom is -0.481 e. The van der Waals surface area contributed by atoms with Crippen LogP contribution < -0.4 is 0 Å². The summed E-state index contributed by atoms with van der Waals surface area (Å²) in [6, 6.07) is 0. The van der Waals surface area contributed by atoms with Gasteiger partial charge < -0.3 is 9.84 Å². The molecule has 0 spiro atoms. The molecule has 2 aliphatic rings. The lowest BCUT2D eigenvalue weighted by Gasteiger charge is -2.41. The normalized spacial score (nSPS) is 28.1. The quantitative estimate of drug-likeness (QED) is 0.817. The number of ether oxygens (including phenoxy) is 1. The van der Waals surface area contributed by atoms with Gasteiger partial charge in [-0.1, -0.05) is 0 Å². The largest absolute Gasteiger partial charge is 0.481 e. The standard InChI is InChI=1S/C13H23NO3/c1-12(2)4-3-7-14(12)10-13(11(15)16)5-8-17-9-6-13/h3-10H2,1-2H3,(H,15,16). The highest BCUT2D eigenvalue weighted by Gasteiger charge is 2.45. The number of carboxylic acids is 1. The fourth-order valence-corrected chi connectivity index (χ4v) is 3.02. The van der Waals surface area contributed by atoms with E-state index in [9.17, 15) is 9.90 Å². The van der Waals surface area contributed by atoms with Crippen molar-refractivity contribution in [3.05, 3.63) is 0 Å². The summed E-state index contributed by atoms with van der Waals surface area (Å²) in [5.41, 5.74) is -0.430. The van der Waals surface area contributed by atoms with E-state index in [2.05, 4.69) is 18.7 Å². The maximum Gasteiger partial charge on any atom is 0.311 e. The van der Waals surface area contributed by atoms with Gasteiger partial charge in [0.15, 0.2) is 0 Å². The highest BCUT2D eigenvalue weighted by molar-refractivity contribution is 5.75. The Kier molecular flexibility index (Phi) is 3.46. The summed E-state index contributed by atoms with van der Waals surface area (Å²) in [4.78, 5) is 13.9. The molecule has 0 amide bonds. The fourth-order valence-electron chi connectivity index (χ4n) is 3.02. The summed E-state index contributed by atoms with van der Waals surface area (Å²) < 4.78 is 5.31. The van der Waals surface area contributed by atoms with Gasteiger partial charge in [0.2, 0.25) is 0 Å². The molecule has 0 unspecified atom stereocenters. The smallest absolute Gasteiger partial charge is 0.311 e. The molecule has 0 radical (unpaired) electrons. The van der Waals surface area contributed by atoms with Gasteiger partial charge in [-0.3, -0.25) is 9.69 Å². The highest BCUT2D eigenvalue weighted by Crippen LogP contribution is 2.37. The molecule has 0 aromatic rings. The van der Waals surface area contributed by atoms with E-state index < -0.39 is 11.4 Å². The molecule has 17 heavy (non-hydrogen) atoms. The van der Waals surface area contributed by atoms with Crippen LogP contribution in [0.1, 0.15) is 39.5 Å². The molecule has 0 bridgehead atoms. The van der Waals surface area contributed by atoms with Gasteiger partial charge in [0.1, 0.15) is 0 Å². The van der Waals surface area contributed by atoms with Crippen LogP contribution in [0.2, 0.25) is 0 Å². The molecular weight excluding hydrogens is 218 g/mol. The van der Waals surface area contributed by atoms with Gasteiger partial charge in [0.05, 0.1) is 5.41 Å². The third-order valence-corrected chi connectivity index (χ3v) is 4.47. The van der Waals surface area contributed by atoms with Crippen molar-refractivity contribution < 1.29 is 14.6 Å². The summed E-state index contributed by atoms with van der Waals surface area (Å²) in [5, 5.41) is 9.54. The Balaban J connectivity index is 2.10. The predicted molar refractivity (Wildman–Crippen MR) is 65.0 cm³/mol. The van der Waals surface area contributed by atoms with Crippen LogP contribution in [0.5, 0.6) is 0 Å². The van der Waals surface area contributed by atoms with Crippen LogP contribution >= 0.6 is 0 Å². The Morgan fingerprint density at radius 1 is 1.29 bits per heavy atom. The molecule has 4 nitrogen and oxygen atoms in total. The molecule has 2 saturated heterocycles. The van der Waals surface area contributed by atoms with Crippen molar-refractivity contribution in [1.29, 1.82) is 0 Å². The van der Waals surface area contributed by atoms with E-state index in [4.69, 9.17) is 4.74 Å². The number of hydrogen-bond acceptors (Lipinski definition) is 3. The van der Waals surface area contributed by atoms with Gasteiger partial charge >= 0.3 is 5.97 Å². The number of carboxylic acid groups (broad SMARTS) is 1. The Morgan fingerprint density at radius 3 is 2.41 bits per heavy atom. The van der Waals surface area contributed by atoms with Crippen LogP contribution in [0.25, 0.3) is 0 Å². The van der Waals surface area contributed by atoms with Gasteiger partial charge in [-0.15, -0.1) is 0 Å². The topological polar surface area (TPSA) is 49.8 Å². The Morgan fingerprint density at radius 2 is 1.94 bits per heavy atom. The van der Waals surface area contributed by atoms with Crippen LogP contribution in [-0.2, 0) is 9.53 Å². The zero-order valence-electron chi connectivity index (χ0n) is 10.9. The predicted octanol–water partition coefficient (Wildman–Crippen LogP) is 1.74. The monoisotopic (exact) mass is 241 g/mol. The lowest BCUT2D eigenvalue weighted by Crippen LogP contribution is -2.50. The molecule has 2 aliphatic heterocycles. The van der Waals surface area contributed by atoms with E-state index in [-0.39, 0.29) is 5.54 Å². The van der Waals surface area contributed by atoms with Crippen LogP contribution in [0.3, 0.4) is 0 Å². The molecule has 0 atom stereocenters. The molecule has 0 saturated carbocycles. The third-order valence-electron chi connectivity index (χ3n) is 4.47. The van der Waals surface area contributed by atoms with Gasteiger partial charge in [-0.25, -0.2) is 0 Å². The third kappa shape index (κ3) is 2.47. The molecule has 2 heterocycles. The average molecular weight is 241 g/mol. The first-order chi connectivity index (χ1) is 7.96. The summed E-state index contributed by atoms with van der Waals surface area (Å²) in [6.07, 6.45) is 3.64. The van der Waals surface area contributed by atoms with Gasteiger partial charge in [-0.05, 0) is 46.1 Å². The molecular formula is C13H23NO3. The minimum atomic E-state index is -0.650. The lowest BCUT2D eigenvalue weighted by atomic mass is 9.79. The maximum atomic E-state index is 11.6. The van der Waals surface area contributed by atoms with E-state index in [1.54, 1.807) is 0 Å². The van der Waals surface area contributed by atoms with E-state index in [0.29, 0.717) is 32.6 Å². The number of rotatable bonds is 3. The molecule has 0 aromatic heterocycles. The van der Waals surface area contributed by atoms with Crippen molar-refractivity contribution in [2.24, 2.45) is 5.41 Å². The first kappa shape index (κ1) is 12.8. The molecule has 1 N–H and O–H groups in total. The second kappa shape index (κ2) is 4.58. The summed E-state index contributed by atoms with van der Waals surface area (Å²) >= 11 is 0. The summed E-state index contributed by atoms with van der Waals surface area (Å²) in [6.45, 7) is 7.31. The summed E-state index contributed by atoms with van der Waals surface area (Å²) in [7, 11) is 0. The fraction of sp³-hybridized carbons (Fsp3) is 0.923. The minimum absolute atomic E-state index is 0.154. The molecule has 2 rings (SSSR count). The summed E-state index contributed by atoms with van der Waals surface area (Å²) in [5.74, 6) is -0.650. The molecule has 2 fully saturated rings. The number of aliphatic carboxylic acids is 1. The van der Waals surface area contributed by atoms with E-state index >= 15 is 0 Å². The number of hydrogen-bond donors (Lipinski definition) is 1. The number of likely N-dealkylation sites (tertiary alicyclic amines) is 1. The first-order valence-corrected chi connectivity index (χ1v) is 6.53. The average Bonchev–Trinajstić information content (AvgIpc) is 2.59. The zero-order chi connectivity index (χ0) is 12.5. The van der Waals surface area contributed by atoms with Crippen molar-refractivity contribution in [1.82, 2.24) is 4.90 Å². The van der Waals surface area contributed by atoms with Crippen molar-refractivity contribution in [2.45, 2.75) is 45.1 Å². The van der Waals surface area contributed by atoms with E-state index in [1.165, 1.54) is 12.8 Å². The lowest BCUT2D eigenvalue weighted by molar-refractivity contribution is -0.157.